The lowest BCUT2D eigenvalue weighted by atomic mass is 10.1. The minimum Gasteiger partial charge on any atom is -0.297 e. The van der Waals surface area contributed by atoms with Gasteiger partial charge in [-0.25, -0.2) is 9.97 Å². The molecule has 0 aliphatic carbocycles. The highest BCUT2D eigenvalue weighted by atomic mass is 16.1. The Balaban J connectivity index is 1.47. The molecular weight excluding hydrogens is 376 g/mol. The van der Waals surface area contributed by atoms with E-state index >= 15 is 0 Å². The number of Topliss-reactive ketones (excluding diaryl/α,β-unsaturated/α-hetero) is 1. The van der Waals surface area contributed by atoms with E-state index in [0.29, 0.717) is 0 Å². The van der Waals surface area contributed by atoms with Gasteiger partial charge < -0.3 is 0 Å². The number of ketones is 1. The van der Waals surface area contributed by atoms with Gasteiger partial charge in [-0.2, -0.15) is 5.10 Å². The molecule has 30 heavy (non-hydrogen) atoms. The first-order valence-electron chi connectivity index (χ1n) is 9.70. The van der Waals surface area contributed by atoms with Crippen molar-refractivity contribution in [2.75, 3.05) is 0 Å². The van der Waals surface area contributed by atoms with Crippen molar-refractivity contribution in [2.24, 2.45) is 0 Å². The van der Waals surface area contributed by atoms with Crippen LogP contribution < -0.4 is 0 Å². The second-order valence-corrected chi connectivity index (χ2v) is 7.27. The molecule has 0 saturated carbocycles. The van der Waals surface area contributed by atoms with Crippen molar-refractivity contribution in [3.63, 3.8) is 0 Å². The van der Waals surface area contributed by atoms with E-state index in [1.807, 2.05) is 51.2 Å². The van der Waals surface area contributed by atoms with E-state index in [4.69, 9.17) is 0 Å². The van der Waals surface area contributed by atoms with Crippen LogP contribution in [0.25, 0.3) is 22.3 Å². The molecule has 7 nitrogen and oxygen atoms in total. The van der Waals surface area contributed by atoms with Crippen LogP contribution in [0.2, 0.25) is 0 Å². The number of pyridine rings is 2. The van der Waals surface area contributed by atoms with Crippen LogP contribution in [0.4, 0.5) is 0 Å². The molecule has 0 bridgehead atoms. The minimum absolute atomic E-state index is 0.0532. The summed E-state index contributed by atoms with van der Waals surface area (Å²) in [5, 5.41) is 4.58. The first-order valence-corrected chi connectivity index (χ1v) is 9.70. The Hall–Kier alpha value is -3.74. The highest BCUT2D eigenvalue weighted by Gasteiger charge is 2.16. The monoisotopic (exact) mass is 398 g/mol. The van der Waals surface area contributed by atoms with E-state index in [1.54, 1.807) is 23.3 Å². The van der Waals surface area contributed by atoms with Crippen molar-refractivity contribution >= 4 is 5.78 Å². The summed E-state index contributed by atoms with van der Waals surface area (Å²) in [5.74, 6) is 0.0532. The highest BCUT2D eigenvalue weighted by molar-refractivity contribution is 5.81. The third kappa shape index (κ3) is 4.15. The lowest BCUT2D eigenvalue weighted by Crippen LogP contribution is -2.15. The fraction of sp³-hybridized carbons (Fsp3) is 0.217. The maximum absolute atomic E-state index is 12.7. The quantitative estimate of drug-likeness (QED) is 0.494. The minimum atomic E-state index is 0.0532. The molecule has 0 atom stereocenters. The van der Waals surface area contributed by atoms with Crippen LogP contribution in [0.1, 0.15) is 22.8 Å². The molecule has 0 fully saturated rings. The molecule has 0 spiro atoms. The number of aromatic nitrogens is 6. The third-order valence-corrected chi connectivity index (χ3v) is 5.00. The largest absolute Gasteiger partial charge is 0.297 e. The molecule has 7 heteroatoms. The third-order valence-electron chi connectivity index (χ3n) is 5.00. The van der Waals surface area contributed by atoms with E-state index in [1.165, 1.54) is 6.33 Å². The molecule has 4 rings (SSSR count). The van der Waals surface area contributed by atoms with Gasteiger partial charge in [-0.15, -0.1) is 0 Å². The van der Waals surface area contributed by atoms with Gasteiger partial charge in [0.1, 0.15) is 12.9 Å². The molecule has 0 aromatic carbocycles. The Kier molecular flexibility index (Phi) is 5.43. The second-order valence-electron chi connectivity index (χ2n) is 7.27. The standard InChI is InChI=1S/C23H22N6O/c1-15-4-5-19(12-26-15)23-16(2)28-29(17(23)3)13-22(30)8-21-7-6-18(11-27-21)20-9-24-14-25-10-20/h4-7,9-12,14H,8,13H2,1-3H3. The number of aryl methyl sites for hydroxylation is 2. The Labute approximate surface area is 174 Å². The Morgan fingerprint density at radius 2 is 1.60 bits per heavy atom. The highest BCUT2D eigenvalue weighted by Crippen LogP contribution is 2.26. The van der Waals surface area contributed by atoms with Crippen LogP contribution >= 0.6 is 0 Å². The Morgan fingerprint density at radius 1 is 0.867 bits per heavy atom. The van der Waals surface area contributed by atoms with Crippen LogP contribution in [0, 0.1) is 20.8 Å². The Morgan fingerprint density at radius 3 is 2.27 bits per heavy atom. The van der Waals surface area contributed by atoms with Gasteiger partial charge in [0.15, 0.2) is 5.78 Å². The molecule has 150 valence electrons. The molecule has 0 N–H and O–H groups in total. The average molecular weight is 398 g/mol. The van der Waals surface area contributed by atoms with Gasteiger partial charge in [0.25, 0.3) is 0 Å². The summed E-state index contributed by atoms with van der Waals surface area (Å²) in [5.41, 5.74) is 7.39. The van der Waals surface area contributed by atoms with E-state index in [2.05, 4.69) is 25.0 Å². The summed E-state index contributed by atoms with van der Waals surface area (Å²) in [6.07, 6.45) is 8.81. The number of hydrogen-bond donors (Lipinski definition) is 0. The molecule has 0 unspecified atom stereocenters. The van der Waals surface area contributed by atoms with E-state index in [9.17, 15) is 4.79 Å². The van der Waals surface area contributed by atoms with Gasteiger partial charge in [0.05, 0.1) is 12.1 Å². The van der Waals surface area contributed by atoms with Gasteiger partial charge in [-0.1, -0.05) is 12.1 Å². The topological polar surface area (TPSA) is 86.5 Å². The number of carbonyl (C=O) groups is 1. The lowest BCUT2D eigenvalue weighted by molar-refractivity contribution is -0.119. The van der Waals surface area contributed by atoms with Gasteiger partial charge >= 0.3 is 0 Å². The molecular formula is C23H22N6O. The summed E-state index contributed by atoms with van der Waals surface area (Å²) < 4.78 is 1.77. The van der Waals surface area contributed by atoms with Crippen LogP contribution in [0.5, 0.6) is 0 Å². The maximum Gasteiger partial charge on any atom is 0.160 e. The Bertz CT molecular complexity index is 1170. The van der Waals surface area contributed by atoms with Crippen molar-refractivity contribution in [3.05, 3.63) is 78.2 Å². The fourth-order valence-electron chi connectivity index (χ4n) is 3.46. The summed E-state index contributed by atoms with van der Waals surface area (Å²) >= 11 is 0. The summed E-state index contributed by atoms with van der Waals surface area (Å²) in [6, 6.07) is 7.81. The van der Waals surface area contributed by atoms with Crippen molar-refractivity contribution in [3.8, 4) is 22.3 Å². The van der Waals surface area contributed by atoms with Crippen molar-refractivity contribution in [2.45, 2.75) is 33.7 Å². The SMILES string of the molecule is Cc1ccc(-c2c(C)nn(CC(=O)Cc3ccc(-c4cncnc4)cn3)c2C)cn1. The number of hydrogen-bond acceptors (Lipinski definition) is 6. The summed E-state index contributed by atoms with van der Waals surface area (Å²) in [6.45, 7) is 6.11. The summed E-state index contributed by atoms with van der Waals surface area (Å²) in [7, 11) is 0. The van der Waals surface area contributed by atoms with Gasteiger partial charge in [-0.3, -0.25) is 19.4 Å². The van der Waals surface area contributed by atoms with Gasteiger partial charge in [0, 0.05) is 64.1 Å². The van der Waals surface area contributed by atoms with E-state index in [-0.39, 0.29) is 18.7 Å². The zero-order valence-electron chi connectivity index (χ0n) is 17.2. The van der Waals surface area contributed by atoms with Gasteiger partial charge in [-0.05, 0) is 32.9 Å². The molecule has 4 aromatic heterocycles. The normalized spacial score (nSPS) is 10.9. The second kappa shape index (κ2) is 8.32. The molecule has 0 aliphatic rings. The molecule has 0 radical (unpaired) electrons. The van der Waals surface area contributed by atoms with Crippen molar-refractivity contribution < 1.29 is 4.79 Å². The average Bonchev–Trinajstić information content (AvgIpc) is 3.03. The number of rotatable bonds is 6. The fourth-order valence-corrected chi connectivity index (χ4v) is 3.46. The van der Waals surface area contributed by atoms with Crippen LogP contribution in [-0.2, 0) is 17.8 Å². The van der Waals surface area contributed by atoms with Crippen LogP contribution in [-0.4, -0.2) is 35.5 Å². The van der Waals surface area contributed by atoms with Crippen LogP contribution in [0.3, 0.4) is 0 Å². The zero-order chi connectivity index (χ0) is 21.1. The summed E-state index contributed by atoms with van der Waals surface area (Å²) in [4.78, 5) is 29.5. The van der Waals surface area contributed by atoms with Gasteiger partial charge in [0.2, 0.25) is 0 Å². The van der Waals surface area contributed by atoms with Crippen molar-refractivity contribution in [1.29, 1.82) is 0 Å². The van der Waals surface area contributed by atoms with E-state index < -0.39 is 0 Å². The first-order chi connectivity index (χ1) is 14.5. The molecule has 0 amide bonds. The smallest absolute Gasteiger partial charge is 0.160 e. The van der Waals surface area contributed by atoms with E-state index in [0.717, 1.165) is 45.0 Å². The molecule has 0 saturated heterocycles. The maximum atomic E-state index is 12.7. The lowest BCUT2D eigenvalue weighted by Gasteiger charge is -2.06. The molecule has 4 aromatic rings. The molecule has 4 heterocycles. The molecule has 0 aliphatic heterocycles. The zero-order valence-corrected chi connectivity index (χ0v) is 17.2. The van der Waals surface area contributed by atoms with Crippen molar-refractivity contribution in [1.82, 2.24) is 29.7 Å². The number of carbonyl (C=O) groups excluding carboxylic acids is 1. The predicted octanol–water partition coefficient (Wildman–Crippen LogP) is 3.53. The predicted molar refractivity (Wildman–Crippen MR) is 114 cm³/mol. The van der Waals surface area contributed by atoms with Crippen LogP contribution in [0.15, 0.2) is 55.4 Å². The first kappa shape index (κ1) is 19.6. The number of nitrogens with zero attached hydrogens (tertiary/aromatic N) is 6.